The van der Waals surface area contributed by atoms with E-state index in [2.05, 4.69) is 4.90 Å². The third-order valence-corrected chi connectivity index (χ3v) is 5.26. The molecule has 0 saturated heterocycles. The zero-order chi connectivity index (χ0) is 11.4. The molecular formula is C15H23NO. The molecule has 2 nitrogen and oxygen atoms in total. The number of fused-ring (bicyclic) bond motifs is 1. The Hall–Kier alpha value is -0.530. The van der Waals surface area contributed by atoms with Crippen LogP contribution in [-0.4, -0.2) is 23.9 Å². The smallest absolute Gasteiger partial charge is 0.225 e. The normalized spacial score (nSPS) is 38.9. The van der Waals surface area contributed by atoms with Gasteiger partial charge in [-0.1, -0.05) is 0 Å². The number of amides is 1. The summed E-state index contributed by atoms with van der Waals surface area (Å²) in [5.41, 5.74) is 0. The van der Waals surface area contributed by atoms with Crippen molar-refractivity contribution >= 4 is 5.91 Å². The van der Waals surface area contributed by atoms with E-state index in [0.717, 1.165) is 36.8 Å². The minimum Gasteiger partial charge on any atom is -0.342 e. The summed E-state index contributed by atoms with van der Waals surface area (Å²) < 4.78 is 0. The minimum absolute atomic E-state index is 0.413. The summed E-state index contributed by atoms with van der Waals surface area (Å²) in [6.45, 7) is 2.17. The largest absolute Gasteiger partial charge is 0.342 e. The SMILES string of the molecule is O=C(C1CC2CC2C1)N(CC1CC1)CC1CC1. The fourth-order valence-electron chi connectivity index (χ4n) is 3.65. The molecule has 94 valence electrons. The van der Waals surface area contributed by atoms with Crippen LogP contribution in [0, 0.1) is 29.6 Å². The number of hydrogen-bond acceptors (Lipinski definition) is 1. The molecule has 4 saturated carbocycles. The van der Waals surface area contributed by atoms with Crippen molar-refractivity contribution in [2.45, 2.75) is 44.9 Å². The second-order valence-electron chi connectivity index (χ2n) is 7.05. The summed E-state index contributed by atoms with van der Waals surface area (Å²) in [5, 5.41) is 0. The van der Waals surface area contributed by atoms with Crippen molar-refractivity contribution in [1.82, 2.24) is 4.90 Å². The van der Waals surface area contributed by atoms with Gasteiger partial charge in [0.15, 0.2) is 0 Å². The fraction of sp³-hybridized carbons (Fsp3) is 0.933. The molecule has 1 amide bonds. The van der Waals surface area contributed by atoms with Crippen LogP contribution >= 0.6 is 0 Å². The highest BCUT2D eigenvalue weighted by atomic mass is 16.2. The molecule has 0 aliphatic heterocycles. The van der Waals surface area contributed by atoms with Crippen LogP contribution in [0.5, 0.6) is 0 Å². The van der Waals surface area contributed by atoms with Crippen LogP contribution < -0.4 is 0 Å². The molecule has 4 fully saturated rings. The Morgan fingerprint density at radius 3 is 1.88 bits per heavy atom. The topological polar surface area (TPSA) is 20.3 Å². The lowest BCUT2D eigenvalue weighted by atomic mass is 10.0. The zero-order valence-electron chi connectivity index (χ0n) is 10.6. The maximum Gasteiger partial charge on any atom is 0.225 e. The first-order valence-electron chi connectivity index (χ1n) is 7.58. The Morgan fingerprint density at radius 1 is 0.882 bits per heavy atom. The van der Waals surface area contributed by atoms with Gasteiger partial charge in [0, 0.05) is 19.0 Å². The van der Waals surface area contributed by atoms with Crippen molar-refractivity contribution in [3.05, 3.63) is 0 Å². The van der Waals surface area contributed by atoms with Gasteiger partial charge in [0.05, 0.1) is 0 Å². The van der Waals surface area contributed by atoms with E-state index in [1.54, 1.807) is 0 Å². The van der Waals surface area contributed by atoms with Crippen LogP contribution in [0.2, 0.25) is 0 Å². The van der Waals surface area contributed by atoms with E-state index in [-0.39, 0.29) is 0 Å². The molecule has 0 bridgehead atoms. The molecule has 2 heteroatoms. The second kappa shape index (κ2) is 3.73. The number of nitrogens with zero attached hydrogens (tertiary/aromatic N) is 1. The van der Waals surface area contributed by atoms with Crippen LogP contribution in [0.3, 0.4) is 0 Å². The van der Waals surface area contributed by atoms with Crippen LogP contribution in [0.15, 0.2) is 0 Å². The predicted octanol–water partition coefficient (Wildman–Crippen LogP) is 2.68. The molecule has 0 heterocycles. The Morgan fingerprint density at radius 2 is 1.41 bits per heavy atom. The Kier molecular flexibility index (Phi) is 2.28. The van der Waals surface area contributed by atoms with Crippen LogP contribution in [0.4, 0.5) is 0 Å². The maximum absolute atomic E-state index is 12.6. The molecule has 0 N–H and O–H groups in total. The number of carbonyl (C=O) groups is 1. The second-order valence-corrected chi connectivity index (χ2v) is 7.05. The van der Waals surface area contributed by atoms with Gasteiger partial charge in [0.25, 0.3) is 0 Å². The van der Waals surface area contributed by atoms with Gasteiger partial charge in [-0.25, -0.2) is 0 Å². The van der Waals surface area contributed by atoms with Crippen molar-refractivity contribution in [2.24, 2.45) is 29.6 Å². The van der Waals surface area contributed by atoms with Crippen molar-refractivity contribution in [3.8, 4) is 0 Å². The van der Waals surface area contributed by atoms with Gasteiger partial charge in [-0.05, 0) is 68.6 Å². The predicted molar refractivity (Wildman–Crippen MR) is 66.3 cm³/mol. The molecule has 0 aromatic carbocycles. The Labute approximate surface area is 104 Å². The molecule has 17 heavy (non-hydrogen) atoms. The van der Waals surface area contributed by atoms with Crippen LogP contribution in [0.1, 0.15) is 44.9 Å². The number of hydrogen-bond donors (Lipinski definition) is 0. The van der Waals surface area contributed by atoms with Crippen LogP contribution in [0.25, 0.3) is 0 Å². The first kappa shape index (κ1) is 10.4. The van der Waals surface area contributed by atoms with E-state index in [4.69, 9.17) is 0 Å². The van der Waals surface area contributed by atoms with Crippen molar-refractivity contribution in [2.75, 3.05) is 13.1 Å². The van der Waals surface area contributed by atoms with Gasteiger partial charge in [0.2, 0.25) is 5.91 Å². The fourth-order valence-corrected chi connectivity index (χ4v) is 3.65. The molecule has 0 spiro atoms. The van der Waals surface area contributed by atoms with Crippen LogP contribution in [-0.2, 0) is 4.79 Å². The molecular weight excluding hydrogens is 210 g/mol. The van der Waals surface area contributed by atoms with Crippen molar-refractivity contribution in [3.63, 3.8) is 0 Å². The summed E-state index contributed by atoms with van der Waals surface area (Å²) in [6, 6.07) is 0. The molecule has 0 aromatic heterocycles. The van der Waals surface area contributed by atoms with Gasteiger partial charge in [0.1, 0.15) is 0 Å². The van der Waals surface area contributed by atoms with Crippen molar-refractivity contribution < 1.29 is 4.79 Å². The van der Waals surface area contributed by atoms with Gasteiger partial charge >= 0.3 is 0 Å². The van der Waals surface area contributed by atoms with E-state index >= 15 is 0 Å². The summed E-state index contributed by atoms with van der Waals surface area (Å²) >= 11 is 0. The summed E-state index contributed by atoms with van der Waals surface area (Å²) in [6.07, 6.45) is 9.32. The highest BCUT2D eigenvalue weighted by molar-refractivity contribution is 5.79. The van der Waals surface area contributed by atoms with Crippen molar-refractivity contribution in [1.29, 1.82) is 0 Å². The molecule has 4 rings (SSSR count). The average Bonchev–Trinajstić information content (AvgIpc) is 3.17. The van der Waals surface area contributed by atoms with E-state index in [1.165, 1.54) is 44.9 Å². The summed E-state index contributed by atoms with van der Waals surface area (Å²) in [5.74, 6) is 4.52. The van der Waals surface area contributed by atoms with Gasteiger partial charge in [-0.2, -0.15) is 0 Å². The van der Waals surface area contributed by atoms with E-state index in [1.807, 2.05) is 0 Å². The van der Waals surface area contributed by atoms with E-state index in [0.29, 0.717) is 11.8 Å². The lowest BCUT2D eigenvalue weighted by Crippen LogP contribution is -2.38. The van der Waals surface area contributed by atoms with Gasteiger partial charge in [-0.15, -0.1) is 0 Å². The van der Waals surface area contributed by atoms with Gasteiger partial charge < -0.3 is 4.90 Å². The average molecular weight is 233 g/mol. The third kappa shape index (κ3) is 2.23. The molecule has 4 aliphatic rings. The summed E-state index contributed by atoms with van der Waals surface area (Å²) in [4.78, 5) is 14.8. The molecule has 2 atom stereocenters. The Bertz CT molecular complexity index is 308. The van der Waals surface area contributed by atoms with E-state index < -0.39 is 0 Å². The first-order chi connectivity index (χ1) is 8.29. The molecule has 0 radical (unpaired) electrons. The lowest BCUT2D eigenvalue weighted by Gasteiger charge is -2.26. The summed E-state index contributed by atoms with van der Waals surface area (Å²) in [7, 11) is 0. The molecule has 2 unspecified atom stereocenters. The van der Waals surface area contributed by atoms with Gasteiger partial charge in [-0.3, -0.25) is 4.79 Å². The Balaban J connectivity index is 1.38. The monoisotopic (exact) mass is 233 g/mol. The van der Waals surface area contributed by atoms with E-state index in [9.17, 15) is 4.79 Å². The zero-order valence-corrected chi connectivity index (χ0v) is 10.6. The molecule has 0 aromatic rings. The standard InChI is InChI=1S/C15H23NO/c17-15(14-6-12-5-13(12)7-14)16(8-10-1-2-10)9-11-3-4-11/h10-14H,1-9H2. The minimum atomic E-state index is 0.413. The third-order valence-electron chi connectivity index (χ3n) is 5.26. The number of rotatable bonds is 5. The quantitative estimate of drug-likeness (QED) is 0.715. The highest BCUT2D eigenvalue weighted by Crippen LogP contribution is 2.54. The molecule has 4 aliphatic carbocycles. The lowest BCUT2D eigenvalue weighted by molar-refractivity contribution is -0.136. The number of carbonyl (C=O) groups excluding carboxylic acids is 1. The highest BCUT2D eigenvalue weighted by Gasteiger charge is 2.49. The maximum atomic E-state index is 12.6. The first-order valence-corrected chi connectivity index (χ1v) is 7.58.